The molecule has 1 unspecified atom stereocenters. The second-order valence-electron chi connectivity index (χ2n) is 4.89. The zero-order valence-electron chi connectivity index (χ0n) is 11.3. The Bertz CT molecular complexity index is 553. The van der Waals surface area contributed by atoms with Gasteiger partial charge < -0.3 is 14.6 Å². The van der Waals surface area contributed by atoms with Crippen molar-refractivity contribution < 1.29 is 4.74 Å². The van der Waals surface area contributed by atoms with E-state index in [1.807, 2.05) is 30.5 Å². The minimum absolute atomic E-state index is 0.0910. The summed E-state index contributed by atoms with van der Waals surface area (Å²) in [4.78, 5) is 4.26. The topological polar surface area (TPSA) is 56.9 Å². The van der Waals surface area contributed by atoms with Crippen molar-refractivity contribution in [3.8, 4) is 0 Å². The third kappa shape index (κ3) is 2.41. The van der Waals surface area contributed by atoms with Crippen molar-refractivity contribution in [1.29, 1.82) is 0 Å². The van der Waals surface area contributed by atoms with Gasteiger partial charge in [-0.1, -0.05) is 0 Å². The van der Waals surface area contributed by atoms with E-state index in [4.69, 9.17) is 4.74 Å². The Morgan fingerprint density at radius 2 is 2.37 bits per heavy atom. The van der Waals surface area contributed by atoms with E-state index in [2.05, 4.69) is 26.9 Å². The van der Waals surface area contributed by atoms with Gasteiger partial charge in [0.05, 0.1) is 37.6 Å². The summed E-state index contributed by atoms with van der Waals surface area (Å²) in [6.07, 6.45) is 5.76. The third-order valence-electron chi connectivity index (χ3n) is 3.68. The minimum atomic E-state index is 0.0910. The first-order valence-electron chi connectivity index (χ1n) is 6.55. The second kappa shape index (κ2) is 5.14. The lowest BCUT2D eigenvalue weighted by Gasteiger charge is -2.24. The quantitative estimate of drug-likeness (QED) is 0.880. The van der Waals surface area contributed by atoms with Crippen LogP contribution in [0.3, 0.4) is 0 Å². The fourth-order valence-corrected chi connectivity index (χ4v) is 2.37. The molecule has 0 bridgehead atoms. The number of aryl methyl sites for hydroxylation is 1. The van der Waals surface area contributed by atoms with E-state index in [0.29, 0.717) is 0 Å². The van der Waals surface area contributed by atoms with Crippen LogP contribution < -0.4 is 5.32 Å². The van der Waals surface area contributed by atoms with Gasteiger partial charge in [0.15, 0.2) is 0 Å². The van der Waals surface area contributed by atoms with Crippen LogP contribution in [0.5, 0.6) is 0 Å². The van der Waals surface area contributed by atoms with Crippen LogP contribution in [-0.4, -0.2) is 39.0 Å². The minimum Gasteiger partial charge on any atom is -0.369 e. The Labute approximate surface area is 112 Å². The molecular weight excluding hydrogens is 242 g/mol. The van der Waals surface area contributed by atoms with Gasteiger partial charge in [-0.2, -0.15) is 5.10 Å². The average Bonchev–Trinajstić information content (AvgIpc) is 3.02. The molecule has 1 saturated heterocycles. The number of morpholine rings is 1. The van der Waals surface area contributed by atoms with Crippen LogP contribution in [0.15, 0.2) is 18.7 Å². The van der Waals surface area contributed by atoms with Crippen molar-refractivity contribution >= 4 is 0 Å². The number of hydrogen-bond acceptors (Lipinski definition) is 4. The molecule has 102 valence electrons. The molecule has 0 aromatic carbocycles. The molecule has 1 aliphatic rings. The summed E-state index contributed by atoms with van der Waals surface area (Å²) in [6.45, 7) is 5.39. The van der Waals surface area contributed by atoms with E-state index >= 15 is 0 Å². The third-order valence-corrected chi connectivity index (χ3v) is 3.68. The number of nitrogens with zero attached hydrogens (tertiary/aromatic N) is 4. The fraction of sp³-hybridized carbons (Fsp3) is 0.538. The molecular formula is C13H19N5O. The van der Waals surface area contributed by atoms with E-state index < -0.39 is 0 Å². The van der Waals surface area contributed by atoms with Crippen LogP contribution in [0.1, 0.15) is 23.1 Å². The molecule has 1 fully saturated rings. The van der Waals surface area contributed by atoms with Gasteiger partial charge >= 0.3 is 0 Å². The maximum absolute atomic E-state index is 5.79. The summed E-state index contributed by atoms with van der Waals surface area (Å²) >= 11 is 0. The van der Waals surface area contributed by atoms with Crippen LogP contribution in [0.4, 0.5) is 0 Å². The van der Waals surface area contributed by atoms with Gasteiger partial charge in [0.2, 0.25) is 0 Å². The smallest absolute Gasteiger partial charge is 0.111 e. The Balaban J connectivity index is 1.82. The van der Waals surface area contributed by atoms with Crippen LogP contribution >= 0.6 is 0 Å². The molecule has 6 heteroatoms. The number of nitrogens with one attached hydrogen (secondary N) is 1. The van der Waals surface area contributed by atoms with Crippen LogP contribution in [-0.2, 0) is 18.3 Å². The fourth-order valence-electron chi connectivity index (χ4n) is 2.37. The van der Waals surface area contributed by atoms with E-state index in [9.17, 15) is 0 Å². The number of imidazole rings is 1. The number of aromatic nitrogens is 4. The summed E-state index contributed by atoms with van der Waals surface area (Å²) in [7, 11) is 1.96. The van der Waals surface area contributed by atoms with Gasteiger partial charge in [-0.25, -0.2) is 4.98 Å². The molecule has 1 atom stereocenters. The molecule has 0 saturated carbocycles. The molecule has 3 heterocycles. The molecule has 6 nitrogen and oxygen atoms in total. The van der Waals surface area contributed by atoms with Gasteiger partial charge in [0.1, 0.15) is 6.10 Å². The highest BCUT2D eigenvalue weighted by atomic mass is 16.5. The zero-order chi connectivity index (χ0) is 13.2. The highest BCUT2D eigenvalue weighted by Gasteiger charge is 2.20. The van der Waals surface area contributed by atoms with Crippen LogP contribution in [0.25, 0.3) is 0 Å². The van der Waals surface area contributed by atoms with E-state index in [-0.39, 0.29) is 6.10 Å². The highest BCUT2D eigenvalue weighted by Crippen LogP contribution is 2.20. The van der Waals surface area contributed by atoms with Gasteiger partial charge in [0.25, 0.3) is 0 Å². The first-order chi connectivity index (χ1) is 9.25. The van der Waals surface area contributed by atoms with Crippen molar-refractivity contribution in [2.45, 2.75) is 19.6 Å². The number of rotatable bonds is 3. The Morgan fingerprint density at radius 1 is 1.47 bits per heavy atom. The van der Waals surface area contributed by atoms with Crippen molar-refractivity contribution in [1.82, 2.24) is 24.6 Å². The number of ether oxygens (including phenoxy) is 1. The maximum Gasteiger partial charge on any atom is 0.111 e. The highest BCUT2D eigenvalue weighted by molar-refractivity contribution is 5.18. The summed E-state index contributed by atoms with van der Waals surface area (Å²) in [6, 6.07) is 0. The lowest BCUT2D eigenvalue weighted by atomic mass is 10.2. The first-order valence-corrected chi connectivity index (χ1v) is 6.55. The van der Waals surface area contributed by atoms with E-state index in [1.54, 1.807) is 0 Å². The van der Waals surface area contributed by atoms with E-state index in [1.165, 1.54) is 11.3 Å². The largest absolute Gasteiger partial charge is 0.369 e. The molecule has 19 heavy (non-hydrogen) atoms. The van der Waals surface area contributed by atoms with Crippen molar-refractivity contribution in [2.75, 3.05) is 19.7 Å². The van der Waals surface area contributed by atoms with E-state index in [0.717, 1.165) is 31.9 Å². The van der Waals surface area contributed by atoms with Gasteiger partial charge in [-0.15, -0.1) is 0 Å². The predicted octanol–water partition coefficient (Wildman–Crippen LogP) is 0.634. The lowest BCUT2D eigenvalue weighted by molar-refractivity contribution is 0.0230. The van der Waals surface area contributed by atoms with Crippen molar-refractivity contribution in [3.63, 3.8) is 0 Å². The summed E-state index contributed by atoms with van der Waals surface area (Å²) in [5.41, 5.74) is 3.52. The molecule has 1 aliphatic heterocycles. The molecule has 2 aromatic heterocycles. The van der Waals surface area contributed by atoms with Crippen LogP contribution in [0, 0.1) is 6.92 Å². The predicted molar refractivity (Wildman–Crippen MR) is 70.8 cm³/mol. The average molecular weight is 261 g/mol. The Kier molecular flexibility index (Phi) is 3.35. The zero-order valence-corrected chi connectivity index (χ0v) is 11.3. The second-order valence-corrected chi connectivity index (χ2v) is 4.89. The van der Waals surface area contributed by atoms with Crippen molar-refractivity contribution in [2.24, 2.45) is 7.05 Å². The Hall–Kier alpha value is -1.66. The maximum atomic E-state index is 5.79. The Morgan fingerprint density at radius 3 is 3.05 bits per heavy atom. The summed E-state index contributed by atoms with van der Waals surface area (Å²) < 4.78 is 9.83. The number of hydrogen-bond donors (Lipinski definition) is 1. The standard InChI is InChI=1S/C13H19N5O/c1-10-11(5-16-17(10)2)8-18-9-15-6-12(18)13-7-14-3-4-19-13/h5-6,9,13-14H,3-4,7-8H2,1-2H3. The van der Waals surface area contributed by atoms with Crippen molar-refractivity contribution in [3.05, 3.63) is 35.7 Å². The molecule has 0 aliphatic carbocycles. The molecule has 0 radical (unpaired) electrons. The normalized spacial score (nSPS) is 19.8. The summed E-state index contributed by atoms with van der Waals surface area (Å²) in [5, 5.41) is 7.63. The van der Waals surface area contributed by atoms with Gasteiger partial charge in [0, 0.05) is 31.4 Å². The SMILES string of the molecule is Cc1c(Cn2cncc2C2CNCCO2)cnn1C. The van der Waals surface area contributed by atoms with Gasteiger partial charge in [-0.3, -0.25) is 4.68 Å². The van der Waals surface area contributed by atoms with Crippen LogP contribution in [0.2, 0.25) is 0 Å². The molecule has 2 aromatic rings. The molecule has 3 rings (SSSR count). The van der Waals surface area contributed by atoms with Gasteiger partial charge in [-0.05, 0) is 6.92 Å². The monoisotopic (exact) mass is 261 g/mol. The molecule has 0 spiro atoms. The first kappa shape index (κ1) is 12.4. The lowest BCUT2D eigenvalue weighted by Crippen LogP contribution is -2.34. The molecule has 1 N–H and O–H groups in total. The summed E-state index contributed by atoms with van der Waals surface area (Å²) in [5.74, 6) is 0. The molecule has 0 amide bonds.